The van der Waals surface area contributed by atoms with Crippen LogP contribution in [-0.4, -0.2) is 29.1 Å². The summed E-state index contributed by atoms with van der Waals surface area (Å²) >= 11 is 0. The van der Waals surface area contributed by atoms with Gasteiger partial charge in [0.15, 0.2) is 0 Å². The van der Waals surface area contributed by atoms with Crippen molar-refractivity contribution in [1.29, 1.82) is 0 Å². The van der Waals surface area contributed by atoms with E-state index in [1.807, 2.05) is 34.6 Å². The Bertz CT molecular complexity index is 539. The minimum Gasteiger partial charge on any atom is -0.488 e. The largest absolute Gasteiger partial charge is 0.488 e. The van der Waals surface area contributed by atoms with Crippen molar-refractivity contribution in [2.24, 2.45) is 5.41 Å². The van der Waals surface area contributed by atoms with Crippen LogP contribution >= 0.6 is 0 Å². The van der Waals surface area contributed by atoms with E-state index in [0.717, 1.165) is 0 Å². The van der Waals surface area contributed by atoms with Gasteiger partial charge in [-0.3, -0.25) is 9.59 Å². The van der Waals surface area contributed by atoms with Crippen LogP contribution in [0.5, 0.6) is 5.75 Å². The van der Waals surface area contributed by atoms with Crippen LogP contribution in [0.2, 0.25) is 0 Å². The van der Waals surface area contributed by atoms with E-state index in [9.17, 15) is 14.7 Å². The molecule has 0 aromatic heterocycles. The van der Waals surface area contributed by atoms with Crippen molar-refractivity contribution >= 4 is 11.9 Å². The second-order valence-corrected chi connectivity index (χ2v) is 6.71. The van der Waals surface area contributed by atoms with E-state index in [1.54, 1.807) is 24.3 Å². The van der Waals surface area contributed by atoms with E-state index in [2.05, 4.69) is 5.32 Å². The van der Waals surface area contributed by atoms with Gasteiger partial charge < -0.3 is 15.2 Å². The molecular formula is C18H27NO4. The number of benzene rings is 1. The van der Waals surface area contributed by atoms with Gasteiger partial charge in [0.25, 0.3) is 5.91 Å². The fourth-order valence-electron chi connectivity index (χ4n) is 2.26. The van der Waals surface area contributed by atoms with Crippen molar-refractivity contribution < 1.29 is 19.4 Å². The predicted octanol–water partition coefficient (Wildman–Crippen LogP) is 3.48. The molecule has 0 saturated heterocycles. The van der Waals surface area contributed by atoms with Gasteiger partial charge >= 0.3 is 5.97 Å². The summed E-state index contributed by atoms with van der Waals surface area (Å²) < 4.78 is 5.71. The Morgan fingerprint density at radius 2 is 1.61 bits per heavy atom. The molecule has 5 heteroatoms. The SMILES string of the molecule is CCC(CC)(CNC(=O)c1ccc(OC(C)(C)C)cc1)C(=O)O. The van der Waals surface area contributed by atoms with Crippen LogP contribution in [0.15, 0.2) is 24.3 Å². The summed E-state index contributed by atoms with van der Waals surface area (Å²) in [5.41, 5.74) is -0.726. The second kappa shape index (κ2) is 7.49. The van der Waals surface area contributed by atoms with Gasteiger partial charge in [0.1, 0.15) is 11.4 Å². The van der Waals surface area contributed by atoms with Crippen LogP contribution in [0.25, 0.3) is 0 Å². The number of carboxylic acids is 1. The predicted molar refractivity (Wildman–Crippen MR) is 89.8 cm³/mol. The molecule has 1 aromatic carbocycles. The standard InChI is InChI=1S/C18H27NO4/c1-6-18(7-2,16(21)22)12-19-15(20)13-8-10-14(11-9-13)23-17(3,4)5/h8-11H,6-7,12H2,1-5H3,(H,19,20)(H,21,22). The summed E-state index contributed by atoms with van der Waals surface area (Å²) in [5, 5.41) is 12.1. The van der Waals surface area contributed by atoms with Crippen molar-refractivity contribution in [3.8, 4) is 5.75 Å². The fraction of sp³-hybridized carbons (Fsp3) is 0.556. The minimum atomic E-state index is -0.912. The number of hydrogen-bond acceptors (Lipinski definition) is 3. The molecule has 1 rings (SSSR count). The zero-order valence-corrected chi connectivity index (χ0v) is 14.6. The van der Waals surface area contributed by atoms with Crippen LogP contribution in [0.3, 0.4) is 0 Å². The quantitative estimate of drug-likeness (QED) is 0.806. The maximum Gasteiger partial charge on any atom is 0.311 e. The maximum atomic E-state index is 12.2. The van der Waals surface area contributed by atoms with E-state index < -0.39 is 11.4 Å². The monoisotopic (exact) mass is 321 g/mol. The van der Waals surface area contributed by atoms with Crippen molar-refractivity contribution in [2.45, 2.75) is 53.1 Å². The van der Waals surface area contributed by atoms with Gasteiger partial charge in [0.05, 0.1) is 5.41 Å². The van der Waals surface area contributed by atoms with Crippen molar-refractivity contribution in [3.63, 3.8) is 0 Å². The summed E-state index contributed by atoms with van der Waals surface area (Å²) in [7, 11) is 0. The Labute approximate surface area is 138 Å². The number of amides is 1. The smallest absolute Gasteiger partial charge is 0.311 e. The molecule has 0 heterocycles. The van der Waals surface area contributed by atoms with Gasteiger partial charge in [-0.2, -0.15) is 0 Å². The third-order valence-electron chi connectivity index (χ3n) is 3.94. The molecule has 0 aliphatic carbocycles. The van der Waals surface area contributed by atoms with E-state index in [0.29, 0.717) is 24.2 Å². The molecule has 0 saturated carbocycles. The van der Waals surface area contributed by atoms with Gasteiger partial charge in [-0.15, -0.1) is 0 Å². The summed E-state index contributed by atoms with van der Waals surface area (Å²) in [6, 6.07) is 6.84. The van der Waals surface area contributed by atoms with Gasteiger partial charge in [0.2, 0.25) is 0 Å². The molecule has 0 atom stereocenters. The molecule has 5 nitrogen and oxygen atoms in total. The molecule has 0 fully saturated rings. The number of carbonyl (C=O) groups is 2. The van der Waals surface area contributed by atoms with Crippen LogP contribution in [0.1, 0.15) is 57.8 Å². The van der Waals surface area contributed by atoms with Crippen LogP contribution in [-0.2, 0) is 4.79 Å². The molecule has 0 spiro atoms. The molecule has 128 valence electrons. The molecular weight excluding hydrogens is 294 g/mol. The molecule has 1 amide bonds. The first-order valence-electron chi connectivity index (χ1n) is 7.94. The van der Waals surface area contributed by atoms with Gasteiger partial charge in [0, 0.05) is 12.1 Å². The highest BCUT2D eigenvalue weighted by Crippen LogP contribution is 2.26. The average Bonchev–Trinajstić information content (AvgIpc) is 2.47. The lowest BCUT2D eigenvalue weighted by molar-refractivity contribution is -0.149. The van der Waals surface area contributed by atoms with Gasteiger partial charge in [-0.1, -0.05) is 13.8 Å². The average molecular weight is 321 g/mol. The number of hydrogen-bond donors (Lipinski definition) is 2. The fourth-order valence-corrected chi connectivity index (χ4v) is 2.26. The highest BCUT2D eigenvalue weighted by Gasteiger charge is 2.35. The third kappa shape index (κ3) is 5.27. The normalized spacial score (nSPS) is 11.9. The Morgan fingerprint density at radius 3 is 2.00 bits per heavy atom. The molecule has 0 unspecified atom stereocenters. The lowest BCUT2D eigenvalue weighted by Crippen LogP contribution is -2.42. The second-order valence-electron chi connectivity index (χ2n) is 6.71. The first kappa shape index (κ1) is 19.0. The van der Waals surface area contributed by atoms with E-state index >= 15 is 0 Å². The number of carboxylic acid groups (broad SMARTS) is 1. The first-order valence-corrected chi connectivity index (χ1v) is 7.94. The van der Waals surface area contributed by atoms with Crippen LogP contribution < -0.4 is 10.1 Å². The minimum absolute atomic E-state index is 0.119. The number of nitrogens with one attached hydrogen (secondary N) is 1. The van der Waals surface area contributed by atoms with Gasteiger partial charge in [-0.25, -0.2) is 0 Å². The number of ether oxygens (including phenoxy) is 1. The van der Waals surface area contributed by atoms with Crippen molar-refractivity contribution in [3.05, 3.63) is 29.8 Å². The molecule has 0 aliphatic rings. The molecule has 2 N–H and O–H groups in total. The van der Waals surface area contributed by atoms with E-state index in [-0.39, 0.29) is 18.1 Å². The summed E-state index contributed by atoms with van der Waals surface area (Å²) in [5.74, 6) is -0.465. The van der Waals surface area contributed by atoms with Crippen LogP contribution in [0, 0.1) is 5.41 Å². The molecule has 0 radical (unpaired) electrons. The summed E-state index contributed by atoms with van der Waals surface area (Å²) in [6.45, 7) is 9.62. The molecule has 1 aromatic rings. The van der Waals surface area contributed by atoms with Crippen molar-refractivity contribution in [1.82, 2.24) is 5.32 Å². The lowest BCUT2D eigenvalue weighted by Gasteiger charge is -2.26. The molecule has 23 heavy (non-hydrogen) atoms. The van der Waals surface area contributed by atoms with Crippen molar-refractivity contribution in [2.75, 3.05) is 6.54 Å². The first-order chi connectivity index (χ1) is 10.6. The van der Waals surface area contributed by atoms with E-state index in [1.165, 1.54) is 0 Å². The number of aliphatic carboxylic acids is 1. The van der Waals surface area contributed by atoms with E-state index in [4.69, 9.17) is 4.74 Å². The Balaban J connectivity index is 2.73. The zero-order chi connectivity index (χ0) is 17.7. The number of rotatable bonds is 7. The van der Waals surface area contributed by atoms with Crippen LogP contribution in [0.4, 0.5) is 0 Å². The topological polar surface area (TPSA) is 75.6 Å². The highest BCUT2D eigenvalue weighted by molar-refractivity contribution is 5.94. The molecule has 0 bridgehead atoms. The summed E-state index contributed by atoms with van der Waals surface area (Å²) in [4.78, 5) is 23.6. The lowest BCUT2D eigenvalue weighted by atomic mass is 9.82. The highest BCUT2D eigenvalue weighted by atomic mass is 16.5. The Kier molecular flexibility index (Phi) is 6.19. The third-order valence-corrected chi connectivity index (χ3v) is 3.94. The number of carbonyl (C=O) groups excluding carboxylic acids is 1. The van der Waals surface area contributed by atoms with Gasteiger partial charge in [-0.05, 0) is 57.9 Å². The Hall–Kier alpha value is -2.04. The maximum absolute atomic E-state index is 12.2. The summed E-state index contributed by atoms with van der Waals surface area (Å²) in [6.07, 6.45) is 0.939. The Morgan fingerprint density at radius 1 is 1.09 bits per heavy atom. The zero-order valence-electron chi connectivity index (χ0n) is 14.6. The molecule has 0 aliphatic heterocycles.